The van der Waals surface area contributed by atoms with Gasteiger partial charge in [0, 0.05) is 45.4 Å². The molecule has 0 bridgehead atoms. The number of para-hydroxylation sites is 1. The van der Waals surface area contributed by atoms with Crippen LogP contribution in [0, 0.1) is 11.8 Å². The van der Waals surface area contributed by atoms with Crippen molar-refractivity contribution >= 4 is 49.9 Å². The smallest absolute Gasteiger partial charge is 0.0585 e. The minimum absolute atomic E-state index is 0.113. The van der Waals surface area contributed by atoms with Crippen LogP contribution in [-0.2, 0) is 5.41 Å². The van der Waals surface area contributed by atoms with Gasteiger partial charge in [0.2, 0.25) is 0 Å². The predicted molar refractivity (Wildman–Crippen MR) is 261 cm³/mol. The third kappa shape index (κ3) is 5.56. The number of nitrogens with zero attached hydrogens (tertiary/aromatic N) is 2. The Bertz CT molecular complexity index is 3130. The van der Waals surface area contributed by atoms with Gasteiger partial charge < -0.3 is 9.80 Å². The third-order valence-corrected chi connectivity index (χ3v) is 14.2. The van der Waals surface area contributed by atoms with Crippen LogP contribution in [0.2, 0.25) is 0 Å². The third-order valence-electron chi connectivity index (χ3n) is 14.2. The zero-order valence-corrected chi connectivity index (χ0v) is 35.0. The first-order valence-electron chi connectivity index (χ1n) is 22.4. The minimum Gasteiger partial charge on any atom is -0.333 e. The van der Waals surface area contributed by atoms with E-state index in [1.807, 2.05) is 0 Å². The van der Waals surface area contributed by atoms with Crippen molar-refractivity contribution in [2.45, 2.75) is 37.1 Å². The molecule has 0 aliphatic heterocycles. The molecule has 0 N–H and O–H groups in total. The molecule has 5 atom stereocenters. The second-order valence-electron chi connectivity index (χ2n) is 17.5. The van der Waals surface area contributed by atoms with Gasteiger partial charge in [-0.1, -0.05) is 189 Å². The van der Waals surface area contributed by atoms with Crippen LogP contribution in [0.3, 0.4) is 0 Å². The maximum absolute atomic E-state index is 2.64. The summed E-state index contributed by atoms with van der Waals surface area (Å²) in [5.41, 5.74) is 13.9. The summed E-state index contributed by atoms with van der Waals surface area (Å²) in [7, 11) is 0. The van der Waals surface area contributed by atoms with Crippen molar-refractivity contribution < 1.29 is 0 Å². The molecule has 5 unspecified atom stereocenters. The maximum Gasteiger partial charge on any atom is 0.0585 e. The van der Waals surface area contributed by atoms with Gasteiger partial charge in [-0.2, -0.15) is 0 Å². The van der Waals surface area contributed by atoms with E-state index in [2.05, 4.69) is 241 Å². The highest BCUT2D eigenvalue weighted by Crippen LogP contribution is 2.66. The van der Waals surface area contributed by atoms with E-state index in [9.17, 15) is 0 Å². The molecule has 2 heteroatoms. The van der Waals surface area contributed by atoms with E-state index in [1.165, 1.54) is 77.7 Å². The van der Waals surface area contributed by atoms with Gasteiger partial charge in [0.1, 0.15) is 0 Å². The lowest BCUT2D eigenvalue weighted by atomic mass is 9.64. The van der Waals surface area contributed by atoms with Crippen molar-refractivity contribution in [3.8, 4) is 0 Å². The monoisotopic (exact) mass is 796 g/mol. The normalized spacial score (nSPS) is 23.4. The molecule has 0 radical (unpaired) electrons. The highest BCUT2D eigenvalue weighted by molar-refractivity contribution is 5.99. The van der Waals surface area contributed by atoms with Crippen LogP contribution < -0.4 is 9.80 Å². The Hall–Kier alpha value is -7.16. The summed E-state index contributed by atoms with van der Waals surface area (Å²) < 4.78 is 0. The molecule has 0 saturated carbocycles. The molecule has 12 rings (SSSR count). The fraction of sp³-hybridized carbons (Fsp3) is 0.133. The second-order valence-corrected chi connectivity index (χ2v) is 17.5. The molecule has 2 nitrogen and oxygen atoms in total. The highest BCUT2D eigenvalue weighted by atomic mass is 15.2. The van der Waals surface area contributed by atoms with Gasteiger partial charge in [-0.3, -0.25) is 0 Å². The van der Waals surface area contributed by atoms with E-state index in [1.54, 1.807) is 0 Å². The Labute approximate surface area is 365 Å². The van der Waals surface area contributed by atoms with E-state index in [0.29, 0.717) is 5.92 Å². The summed E-state index contributed by atoms with van der Waals surface area (Å²) in [6, 6.07) is 59.0. The average molecular weight is 797 g/mol. The molecule has 5 aliphatic rings. The van der Waals surface area contributed by atoms with Gasteiger partial charge in [0.05, 0.1) is 17.1 Å². The molecule has 7 aromatic carbocycles. The predicted octanol–water partition coefficient (Wildman–Crippen LogP) is 15.2. The minimum atomic E-state index is -0.435. The standard InChI is InChI=1S/C60H48N2/c1-41-19-9-16-32-57(41)62(59-34-18-23-43-21-11-13-27-48(43)59)46-36-38-52-51-37-35-45(61(44-24-5-4-6-25-44)58-33-17-22-42-20-10-12-26-47(42)58)39-55(51)60(56(52)40-46)53-30-8-3-2-7-28-49(53)50-29-14-15-31-54(50)60/h4-41,51,55,57H,2-3H2,1H3/b28-7-,30-8?. The van der Waals surface area contributed by atoms with Gasteiger partial charge in [-0.05, 0) is 105 Å². The van der Waals surface area contributed by atoms with Gasteiger partial charge in [-0.15, -0.1) is 0 Å². The fourth-order valence-electron chi connectivity index (χ4n) is 11.5. The van der Waals surface area contributed by atoms with Crippen LogP contribution in [0.25, 0.3) is 27.1 Å². The van der Waals surface area contributed by atoms with Gasteiger partial charge in [0.15, 0.2) is 0 Å². The first-order valence-corrected chi connectivity index (χ1v) is 22.4. The van der Waals surface area contributed by atoms with Crippen molar-refractivity contribution in [2.75, 3.05) is 9.80 Å². The SMILES string of the molecule is CC1C=CC=CC1N(c1ccc2c(c1)C1(C3=C(/C=C\CCC=C3)c3ccccc31)C1C=C(N(c3ccccc3)c3cccc4ccccc34)C=CC21)c1cccc2ccccc12. The quantitative estimate of drug-likeness (QED) is 0.165. The lowest BCUT2D eigenvalue weighted by molar-refractivity contribution is 0.459. The van der Waals surface area contributed by atoms with Crippen molar-refractivity contribution in [1.29, 1.82) is 0 Å². The number of rotatable bonds is 6. The average Bonchev–Trinajstić information content (AvgIpc) is 3.75. The lowest BCUT2D eigenvalue weighted by Gasteiger charge is -2.40. The summed E-state index contributed by atoms with van der Waals surface area (Å²) in [6.07, 6.45) is 28.6. The molecule has 62 heavy (non-hydrogen) atoms. The first kappa shape index (κ1) is 36.7. The van der Waals surface area contributed by atoms with Gasteiger partial charge in [0.25, 0.3) is 0 Å². The summed E-state index contributed by atoms with van der Waals surface area (Å²) >= 11 is 0. The highest BCUT2D eigenvalue weighted by Gasteiger charge is 2.58. The number of hydrogen-bond acceptors (Lipinski definition) is 2. The fourth-order valence-corrected chi connectivity index (χ4v) is 11.5. The number of hydrogen-bond donors (Lipinski definition) is 0. The molecule has 5 aliphatic carbocycles. The summed E-state index contributed by atoms with van der Waals surface area (Å²) in [5, 5.41) is 5.00. The zero-order valence-electron chi connectivity index (χ0n) is 35.0. The Kier molecular flexibility index (Phi) is 8.74. The number of fused-ring (bicyclic) bond motifs is 11. The van der Waals surface area contributed by atoms with Crippen molar-refractivity contribution in [2.24, 2.45) is 11.8 Å². The van der Waals surface area contributed by atoms with Crippen LogP contribution in [-0.4, -0.2) is 6.04 Å². The Morgan fingerprint density at radius 3 is 2.03 bits per heavy atom. The van der Waals surface area contributed by atoms with Crippen LogP contribution in [0.4, 0.5) is 22.7 Å². The van der Waals surface area contributed by atoms with Crippen LogP contribution in [0.15, 0.2) is 236 Å². The Morgan fingerprint density at radius 1 is 0.548 bits per heavy atom. The van der Waals surface area contributed by atoms with E-state index in [0.717, 1.165) is 18.5 Å². The first-order chi connectivity index (χ1) is 30.7. The maximum atomic E-state index is 2.64. The molecule has 298 valence electrons. The van der Waals surface area contributed by atoms with Crippen molar-refractivity contribution in [1.82, 2.24) is 0 Å². The van der Waals surface area contributed by atoms with Crippen LogP contribution in [0.5, 0.6) is 0 Å². The Morgan fingerprint density at radius 2 is 1.23 bits per heavy atom. The molecule has 7 aromatic rings. The van der Waals surface area contributed by atoms with E-state index in [-0.39, 0.29) is 17.9 Å². The van der Waals surface area contributed by atoms with Crippen LogP contribution in [0.1, 0.15) is 47.9 Å². The second kappa shape index (κ2) is 14.8. The van der Waals surface area contributed by atoms with Crippen molar-refractivity contribution in [3.05, 3.63) is 258 Å². The molecule has 0 aromatic heterocycles. The van der Waals surface area contributed by atoms with E-state index in [4.69, 9.17) is 0 Å². The molecular formula is C60H48N2. The summed E-state index contributed by atoms with van der Waals surface area (Å²) in [4.78, 5) is 5.12. The number of allylic oxidation sites excluding steroid dienone is 11. The topological polar surface area (TPSA) is 6.48 Å². The largest absolute Gasteiger partial charge is 0.333 e. The van der Waals surface area contributed by atoms with E-state index >= 15 is 0 Å². The number of anilines is 4. The van der Waals surface area contributed by atoms with Gasteiger partial charge in [-0.25, -0.2) is 0 Å². The molecule has 0 heterocycles. The molecule has 0 amide bonds. The molecule has 0 saturated heterocycles. The molecule has 0 fully saturated rings. The summed E-state index contributed by atoms with van der Waals surface area (Å²) in [6.45, 7) is 2.35. The zero-order chi connectivity index (χ0) is 41.2. The van der Waals surface area contributed by atoms with Crippen molar-refractivity contribution in [3.63, 3.8) is 0 Å². The van der Waals surface area contributed by atoms with Gasteiger partial charge >= 0.3 is 0 Å². The summed E-state index contributed by atoms with van der Waals surface area (Å²) in [5.74, 6) is 0.607. The van der Waals surface area contributed by atoms with E-state index < -0.39 is 5.41 Å². The molecular weight excluding hydrogens is 749 g/mol. The lowest BCUT2D eigenvalue weighted by Crippen LogP contribution is -2.36. The Balaban J connectivity index is 1.12. The molecule has 1 spiro atoms. The number of benzene rings is 7. The van der Waals surface area contributed by atoms with Crippen LogP contribution >= 0.6 is 0 Å².